The molecule has 14 heavy (non-hydrogen) atoms. The summed E-state index contributed by atoms with van der Waals surface area (Å²) in [4.78, 5) is 21.9. The molecule has 0 unspecified atom stereocenters. The lowest BCUT2D eigenvalue weighted by Gasteiger charge is -2.09. The number of nitrogens with two attached hydrogens (primary N) is 2. The van der Waals surface area contributed by atoms with Crippen LogP contribution in [0.25, 0.3) is 0 Å². The Labute approximate surface area is 81.9 Å². The molecule has 0 aliphatic heterocycles. The Hall–Kier alpha value is -1.84. The Balaban J connectivity index is 3.12. The second kappa shape index (κ2) is 3.91. The van der Waals surface area contributed by atoms with Crippen molar-refractivity contribution in [1.29, 1.82) is 0 Å². The molecule has 0 spiro atoms. The van der Waals surface area contributed by atoms with E-state index in [2.05, 4.69) is 0 Å². The molecule has 0 bridgehead atoms. The van der Waals surface area contributed by atoms with Gasteiger partial charge in [0, 0.05) is 0 Å². The van der Waals surface area contributed by atoms with Crippen molar-refractivity contribution in [3.8, 4) is 0 Å². The van der Waals surface area contributed by atoms with E-state index in [4.69, 9.17) is 11.5 Å². The molecule has 74 valence electrons. The molecule has 0 atom stereocenters. The van der Waals surface area contributed by atoms with Crippen LogP contribution in [0.1, 0.15) is 17.0 Å². The molecule has 0 radical (unpaired) electrons. The van der Waals surface area contributed by atoms with Crippen LogP contribution >= 0.6 is 0 Å². The first-order chi connectivity index (χ1) is 6.52. The number of carbonyl (C=O) groups excluding carboxylic acids is 2. The maximum Gasteiger partial charge on any atom is 0.234 e. The highest BCUT2D eigenvalue weighted by Gasteiger charge is 2.23. The fourth-order valence-corrected chi connectivity index (χ4v) is 1.32. The van der Waals surface area contributed by atoms with Gasteiger partial charge >= 0.3 is 0 Å². The predicted molar refractivity (Wildman–Crippen MR) is 52.3 cm³/mol. The molecule has 0 fully saturated rings. The number of rotatable bonds is 3. The number of benzene rings is 1. The summed E-state index contributed by atoms with van der Waals surface area (Å²) in [6.45, 7) is 1.86. The fourth-order valence-electron chi connectivity index (χ4n) is 1.32. The third-order valence-corrected chi connectivity index (χ3v) is 1.94. The van der Waals surface area contributed by atoms with E-state index in [-0.39, 0.29) is 0 Å². The Morgan fingerprint density at radius 2 is 1.79 bits per heavy atom. The van der Waals surface area contributed by atoms with Gasteiger partial charge in [-0.3, -0.25) is 9.59 Å². The van der Waals surface area contributed by atoms with Gasteiger partial charge in [0.2, 0.25) is 11.8 Å². The largest absolute Gasteiger partial charge is 0.369 e. The summed E-state index contributed by atoms with van der Waals surface area (Å²) in [7, 11) is 0. The maximum atomic E-state index is 11.0. The Kier molecular flexibility index (Phi) is 2.86. The third-order valence-electron chi connectivity index (χ3n) is 1.94. The van der Waals surface area contributed by atoms with E-state index < -0.39 is 17.7 Å². The quantitative estimate of drug-likeness (QED) is 0.663. The Morgan fingerprint density at radius 3 is 2.21 bits per heavy atom. The molecule has 4 N–H and O–H groups in total. The van der Waals surface area contributed by atoms with Gasteiger partial charge in [-0.2, -0.15) is 0 Å². The topological polar surface area (TPSA) is 86.2 Å². The van der Waals surface area contributed by atoms with Crippen LogP contribution in [-0.2, 0) is 9.59 Å². The van der Waals surface area contributed by atoms with Gasteiger partial charge in [0.15, 0.2) is 0 Å². The minimum Gasteiger partial charge on any atom is -0.369 e. The first-order valence-electron chi connectivity index (χ1n) is 4.17. The van der Waals surface area contributed by atoms with Gasteiger partial charge in [-0.1, -0.05) is 29.8 Å². The van der Waals surface area contributed by atoms with Crippen molar-refractivity contribution in [2.45, 2.75) is 12.8 Å². The van der Waals surface area contributed by atoms with Gasteiger partial charge in [-0.05, 0) is 12.5 Å². The minimum atomic E-state index is -1.03. The number of carbonyl (C=O) groups is 2. The fraction of sp³-hybridized carbons (Fsp3) is 0.200. The second-order valence-electron chi connectivity index (χ2n) is 3.15. The average Bonchev–Trinajstić information content (AvgIpc) is 2.02. The van der Waals surface area contributed by atoms with Crippen molar-refractivity contribution in [3.05, 3.63) is 35.4 Å². The molecule has 1 rings (SSSR count). The molecular weight excluding hydrogens is 180 g/mol. The molecule has 2 amide bonds. The molecule has 1 aromatic carbocycles. The van der Waals surface area contributed by atoms with Gasteiger partial charge in [-0.15, -0.1) is 0 Å². The van der Waals surface area contributed by atoms with Crippen molar-refractivity contribution < 1.29 is 9.59 Å². The highest BCUT2D eigenvalue weighted by atomic mass is 16.2. The van der Waals surface area contributed by atoms with E-state index in [1.807, 2.05) is 13.0 Å². The number of amides is 2. The summed E-state index contributed by atoms with van der Waals surface area (Å²) >= 11 is 0. The first kappa shape index (κ1) is 10.2. The van der Waals surface area contributed by atoms with Crippen molar-refractivity contribution in [2.24, 2.45) is 11.5 Å². The maximum absolute atomic E-state index is 11.0. The van der Waals surface area contributed by atoms with Gasteiger partial charge in [0.25, 0.3) is 0 Å². The second-order valence-corrected chi connectivity index (χ2v) is 3.15. The standard InChI is InChI=1S/C10H12N2O2/c1-6-3-2-4-7(5-6)8(9(11)13)10(12)14/h2-5,8H,1H3,(H2,11,13)(H2,12,14). The molecule has 0 heterocycles. The lowest BCUT2D eigenvalue weighted by molar-refractivity contribution is -0.128. The van der Waals surface area contributed by atoms with E-state index in [0.717, 1.165) is 5.56 Å². The van der Waals surface area contributed by atoms with E-state index in [9.17, 15) is 9.59 Å². The van der Waals surface area contributed by atoms with Gasteiger partial charge in [0.05, 0.1) is 0 Å². The highest BCUT2D eigenvalue weighted by Crippen LogP contribution is 2.16. The van der Waals surface area contributed by atoms with Gasteiger partial charge < -0.3 is 11.5 Å². The zero-order valence-electron chi connectivity index (χ0n) is 7.86. The number of primary amides is 2. The summed E-state index contributed by atoms with van der Waals surface area (Å²) in [5.41, 5.74) is 11.7. The van der Waals surface area contributed by atoms with Crippen molar-refractivity contribution in [1.82, 2.24) is 0 Å². The third kappa shape index (κ3) is 2.10. The Morgan fingerprint density at radius 1 is 1.21 bits per heavy atom. The van der Waals surface area contributed by atoms with Crippen molar-refractivity contribution in [2.75, 3.05) is 0 Å². The van der Waals surface area contributed by atoms with Crippen LogP contribution in [0.3, 0.4) is 0 Å². The monoisotopic (exact) mass is 192 g/mol. The summed E-state index contributed by atoms with van der Waals surface area (Å²) in [6, 6.07) is 7.00. The minimum absolute atomic E-state index is 0.546. The van der Waals surface area contributed by atoms with Gasteiger partial charge in [0.1, 0.15) is 5.92 Å². The van der Waals surface area contributed by atoms with Crippen LogP contribution in [0.4, 0.5) is 0 Å². The molecule has 0 saturated carbocycles. The molecule has 0 saturated heterocycles. The van der Waals surface area contributed by atoms with E-state index in [1.54, 1.807) is 18.2 Å². The van der Waals surface area contributed by atoms with E-state index >= 15 is 0 Å². The normalized spacial score (nSPS) is 10.1. The predicted octanol–water partition coefficient (Wildman–Crippen LogP) is 0.0492. The first-order valence-corrected chi connectivity index (χ1v) is 4.17. The van der Waals surface area contributed by atoms with Crippen molar-refractivity contribution >= 4 is 11.8 Å². The van der Waals surface area contributed by atoms with Crippen molar-refractivity contribution in [3.63, 3.8) is 0 Å². The summed E-state index contributed by atoms with van der Waals surface area (Å²) in [5, 5.41) is 0. The molecule has 4 heteroatoms. The smallest absolute Gasteiger partial charge is 0.234 e. The average molecular weight is 192 g/mol. The zero-order chi connectivity index (χ0) is 10.7. The summed E-state index contributed by atoms with van der Waals surface area (Å²) < 4.78 is 0. The zero-order valence-corrected chi connectivity index (χ0v) is 7.86. The molecule has 1 aromatic rings. The Bertz CT molecular complexity index is 360. The number of hydrogen-bond acceptors (Lipinski definition) is 2. The summed E-state index contributed by atoms with van der Waals surface area (Å²) in [5.74, 6) is -2.47. The summed E-state index contributed by atoms with van der Waals surface area (Å²) in [6.07, 6.45) is 0. The molecule has 0 aliphatic rings. The number of hydrogen-bond donors (Lipinski definition) is 2. The van der Waals surface area contributed by atoms with E-state index in [1.165, 1.54) is 0 Å². The number of aryl methyl sites for hydroxylation is 1. The van der Waals surface area contributed by atoms with Crippen LogP contribution in [0, 0.1) is 6.92 Å². The molecular formula is C10H12N2O2. The van der Waals surface area contributed by atoms with Crippen LogP contribution in [0.2, 0.25) is 0 Å². The highest BCUT2D eigenvalue weighted by molar-refractivity contribution is 6.04. The lowest BCUT2D eigenvalue weighted by atomic mass is 9.96. The molecule has 0 aliphatic carbocycles. The van der Waals surface area contributed by atoms with Crippen LogP contribution in [0.15, 0.2) is 24.3 Å². The van der Waals surface area contributed by atoms with Crippen LogP contribution in [0.5, 0.6) is 0 Å². The molecule has 0 aromatic heterocycles. The molecule has 4 nitrogen and oxygen atoms in total. The van der Waals surface area contributed by atoms with E-state index in [0.29, 0.717) is 5.56 Å². The lowest BCUT2D eigenvalue weighted by Crippen LogP contribution is -2.33. The SMILES string of the molecule is Cc1cccc(C(C(N)=O)C(N)=O)c1. The van der Waals surface area contributed by atoms with Gasteiger partial charge in [-0.25, -0.2) is 0 Å². The van der Waals surface area contributed by atoms with Crippen LogP contribution in [-0.4, -0.2) is 11.8 Å². The van der Waals surface area contributed by atoms with Crippen LogP contribution < -0.4 is 11.5 Å².